The molecule has 1 aromatic carbocycles. The maximum absolute atomic E-state index is 4.53. The van der Waals surface area contributed by atoms with Crippen LogP contribution in [0.15, 0.2) is 34.3 Å². The largest absolute Gasteiger partial charge is 0.316 e. The second-order valence-corrected chi connectivity index (χ2v) is 5.62. The molecule has 2 aromatic rings. The zero-order valence-corrected chi connectivity index (χ0v) is 12.6. The lowest BCUT2D eigenvalue weighted by Gasteiger charge is -2.07. The molecule has 0 saturated heterocycles. The molecule has 100 valence electrons. The number of aromatic nitrogens is 2. The first-order valence-electron chi connectivity index (χ1n) is 6.33. The Morgan fingerprint density at radius 3 is 2.11 bits per heavy atom. The highest BCUT2D eigenvalue weighted by Gasteiger charge is 2.06. The number of hydrogen-bond acceptors (Lipinski definition) is 4. The van der Waals surface area contributed by atoms with Crippen molar-refractivity contribution in [2.45, 2.75) is 37.4 Å². The fraction of sp³-hybridized carbons (Fsp3) is 0.333. The molecule has 1 N–H and O–H groups in total. The van der Waals surface area contributed by atoms with E-state index in [9.17, 15) is 0 Å². The van der Waals surface area contributed by atoms with Crippen LogP contribution in [0.1, 0.15) is 22.5 Å². The molecule has 4 heteroatoms. The molecule has 0 unspecified atom stereocenters. The minimum Gasteiger partial charge on any atom is -0.316 e. The molecular formula is C15H19N3S. The topological polar surface area (TPSA) is 37.8 Å². The lowest BCUT2D eigenvalue weighted by atomic mass is 10.2. The maximum Gasteiger partial charge on any atom is 0.192 e. The molecule has 0 radical (unpaired) electrons. The third kappa shape index (κ3) is 3.55. The van der Waals surface area contributed by atoms with Crippen LogP contribution in [0.3, 0.4) is 0 Å². The Kier molecular flexibility index (Phi) is 4.56. The Labute approximate surface area is 118 Å². The zero-order chi connectivity index (χ0) is 13.8. The van der Waals surface area contributed by atoms with Crippen molar-refractivity contribution < 1.29 is 0 Å². The van der Waals surface area contributed by atoms with Gasteiger partial charge >= 0.3 is 0 Å². The Bertz CT molecular complexity index is 541. The van der Waals surface area contributed by atoms with E-state index in [1.165, 1.54) is 16.0 Å². The normalized spacial score (nSPS) is 10.7. The van der Waals surface area contributed by atoms with Gasteiger partial charge in [0.2, 0.25) is 0 Å². The Morgan fingerprint density at radius 2 is 1.58 bits per heavy atom. The van der Waals surface area contributed by atoms with E-state index in [0.717, 1.165) is 23.1 Å². The van der Waals surface area contributed by atoms with Crippen LogP contribution >= 0.6 is 11.8 Å². The number of benzene rings is 1. The molecule has 0 aliphatic carbocycles. The fourth-order valence-corrected chi connectivity index (χ4v) is 2.62. The zero-order valence-electron chi connectivity index (χ0n) is 11.8. The van der Waals surface area contributed by atoms with E-state index in [2.05, 4.69) is 46.5 Å². The van der Waals surface area contributed by atoms with Crippen molar-refractivity contribution in [2.24, 2.45) is 0 Å². The number of hydrogen-bond donors (Lipinski definition) is 1. The van der Waals surface area contributed by atoms with Crippen LogP contribution in [0.4, 0.5) is 0 Å². The average Bonchev–Trinajstić information content (AvgIpc) is 2.38. The third-order valence-corrected chi connectivity index (χ3v) is 4.00. The van der Waals surface area contributed by atoms with Gasteiger partial charge in [-0.3, -0.25) is 0 Å². The number of aryl methyl sites for hydroxylation is 2. The molecule has 19 heavy (non-hydrogen) atoms. The third-order valence-electron chi connectivity index (χ3n) is 3.13. The average molecular weight is 273 g/mol. The summed E-state index contributed by atoms with van der Waals surface area (Å²) in [4.78, 5) is 10.2. The summed E-state index contributed by atoms with van der Waals surface area (Å²) in [5, 5.41) is 3.96. The van der Waals surface area contributed by atoms with Gasteiger partial charge in [0.25, 0.3) is 0 Å². The van der Waals surface area contributed by atoms with E-state index in [-0.39, 0.29) is 0 Å². The van der Waals surface area contributed by atoms with Gasteiger partial charge in [-0.25, -0.2) is 9.97 Å². The molecule has 0 aliphatic rings. The molecular weight excluding hydrogens is 254 g/mol. The summed E-state index contributed by atoms with van der Waals surface area (Å²) in [5.41, 5.74) is 4.57. The van der Waals surface area contributed by atoms with Gasteiger partial charge < -0.3 is 5.32 Å². The van der Waals surface area contributed by atoms with E-state index in [4.69, 9.17) is 0 Å². The van der Waals surface area contributed by atoms with E-state index < -0.39 is 0 Å². The first kappa shape index (κ1) is 14.0. The minimum atomic E-state index is 0.821. The van der Waals surface area contributed by atoms with Crippen LogP contribution in [0.5, 0.6) is 0 Å². The van der Waals surface area contributed by atoms with Crippen molar-refractivity contribution in [3.8, 4) is 0 Å². The second-order valence-electron chi connectivity index (χ2n) is 4.58. The summed E-state index contributed by atoms with van der Waals surface area (Å²) in [6.45, 7) is 7.02. The SMILES string of the molecule is CNCc1ccc(Sc2nc(C)c(C)c(C)n2)cc1. The minimum absolute atomic E-state index is 0.821. The van der Waals surface area contributed by atoms with Gasteiger partial charge in [-0.05, 0) is 62.8 Å². The van der Waals surface area contributed by atoms with Crippen molar-refractivity contribution in [1.82, 2.24) is 15.3 Å². The van der Waals surface area contributed by atoms with E-state index in [1.54, 1.807) is 11.8 Å². The standard InChI is InChI=1S/C15H19N3S/c1-10-11(2)17-15(18-12(10)3)19-14-7-5-13(6-8-14)9-16-4/h5-8,16H,9H2,1-4H3. The highest BCUT2D eigenvalue weighted by molar-refractivity contribution is 7.99. The molecule has 0 spiro atoms. The summed E-state index contributed by atoms with van der Waals surface area (Å²) in [6, 6.07) is 8.50. The highest BCUT2D eigenvalue weighted by Crippen LogP contribution is 2.26. The summed E-state index contributed by atoms with van der Waals surface area (Å²) >= 11 is 1.61. The van der Waals surface area contributed by atoms with Crippen molar-refractivity contribution in [3.63, 3.8) is 0 Å². The summed E-state index contributed by atoms with van der Waals surface area (Å²) in [7, 11) is 1.95. The van der Waals surface area contributed by atoms with Crippen LogP contribution in [0.2, 0.25) is 0 Å². The van der Waals surface area contributed by atoms with Gasteiger partial charge in [0.1, 0.15) is 0 Å². The number of nitrogens with one attached hydrogen (secondary N) is 1. The van der Waals surface area contributed by atoms with Gasteiger partial charge in [-0.1, -0.05) is 12.1 Å². The molecule has 0 aliphatic heterocycles. The Morgan fingerprint density at radius 1 is 1.00 bits per heavy atom. The highest BCUT2D eigenvalue weighted by atomic mass is 32.2. The maximum atomic E-state index is 4.53. The summed E-state index contributed by atoms with van der Waals surface area (Å²) in [5.74, 6) is 0. The van der Waals surface area contributed by atoms with Crippen molar-refractivity contribution in [1.29, 1.82) is 0 Å². The van der Waals surface area contributed by atoms with Gasteiger partial charge in [0.05, 0.1) is 0 Å². The second kappa shape index (κ2) is 6.17. The van der Waals surface area contributed by atoms with Crippen molar-refractivity contribution in [2.75, 3.05) is 7.05 Å². The van der Waals surface area contributed by atoms with Crippen LogP contribution in [0, 0.1) is 20.8 Å². The molecule has 0 saturated carbocycles. The quantitative estimate of drug-likeness (QED) is 0.868. The van der Waals surface area contributed by atoms with Gasteiger partial charge in [0, 0.05) is 22.8 Å². The van der Waals surface area contributed by atoms with Crippen LogP contribution in [0.25, 0.3) is 0 Å². The van der Waals surface area contributed by atoms with Crippen molar-refractivity contribution >= 4 is 11.8 Å². The van der Waals surface area contributed by atoms with E-state index in [1.807, 2.05) is 20.9 Å². The fourth-order valence-electron chi connectivity index (χ4n) is 1.77. The Hall–Kier alpha value is -1.39. The van der Waals surface area contributed by atoms with Gasteiger partial charge in [0.15, 0.2) is 5.16 Å². The van der Waals surface area contributed by atoms with Crippen molar-refractivity contribution in [3.05, 3.63) is 46.8 Å². The first-order valence-corrected chi connectivity index (χ1v) is 7.15. The molecule has 1 aromatic heterocycles. The van der Waals surface area contributed by atoms with Crippen LogP contribution < -0.4 is 5.32 Å². The molecule has 0 amide bonds. The van der Waals surface area contributed by atoms with Crippen LogP contribution in [-0.4, -0.2) is 17.0 Å². The van der Waals surface area contributed by atoms with Gasteiger partial charge in [-0.15, -0.1) is 0 Å². The van der Waals surface area contributed by atoms with E-state index >= 15 is 0 Å². The monoisotopic (exact) mass is 273 g/mol. The Balaban J connectivity index is 2.17. The van der Waals surface area contributed by atoms with E-state index in [0.29, 0.717) is 0 Å². The van der Waals surface area contributed by atoms with Gasteiger partial charge in [-0.2, -0.15) is 0 Å². The molecule has 2 rings (SSSR count). The lowest BCUT2D eigenvalue weighted by molar-refractivity contribution is 0.817. The smallest absolute Gasteiger partial charge is 0.192 e. The molecule has 3 nitrogen and oxygen atoms in total. The number of nitrogens with zero attached hydrogens (tertiary/aromatic N) is 2. The molecule has 1 heterocycles. The van der Waals surface area contributed by atoms with Crippen LogP contribution in [-0.2, 0) is 6.54 Å². The lowest BCUT2D eigenvalue weighted by Crippen LogP contribution is -2.04. The summed E-state index contributed by atoms with van der Waals surface area (Å²) < 4.78 is 0. The molecule has 0 bridgehead atoms. The summed E-state index contributed by atoms with van der Waals surface area (Å²) in [6.07, 6.45) is 0. The molecule has 0 fully saturated rings. The first-order chi connectivity index (χ1) is 9.10. The predicted octanol–water partition coefficient (Wildman–Crippen LogP) is 3.27. The predicted molar refractivity (Wildman–Crippen MR) is 79.6 cm³/mol. The number of rotatable bonds is 4. The molecule has 0 atom stereocenters.